The zero-order valence-corrected chi connectivity index (χ0v) is 14.9. The van der Waals surface area contributed by atoms with Gasteiger partial charge in [-0.05, 0) is 0 Å². The lowest BCUT2D eigenvalue weighted by atomic mass is 10.4. The molecule has 3 fully saturated rings. The molecule has 0 amide bonds. The highest BCUT2D eigenvalue weighted by atomic mass is 35.5. The molecule has 158 valence electrons. The van der Waals surface area contributed by atoms with Gasteiger partial charge in [-0.1, -0.05) is 7.43 Å². The van der Waals surface area contributed by atoms with Crippen molar-refractivity contribution in [1.29, 1.82) is 0 Å². The Labute approximate surface area is 159 Å². The summed E-state index contributed by atoms with van der Waals surface area (Å²) in [6.45, 7) is 3.48. The minimum Gasteiger partial charge on any atom is -0.394 e. The molecule has 3 unspecified atom stereocenters. The number of alkyl halides is 1. The van der Waals surface area contributed by atoms with E-state index in [1.165, 1.54) is 0 Å². The van der Waals surface area contributed by atoms with Gasteiger partial charge in [0.05, 0.1) is 71.4 Å². The fraction of sp³-hybridized carbons (Fsp3) is 1.00. The van der Waals surface area contributed by atoms with Crippen molar-refractivity contribution in [3.8, 4) is 0 Å². The highest BCUT2D eigenvalue weighted by Gasteiger charge is 2.24. The van der Waals surface area contributed by atoms with Crippen LogP contribution < -0.4 is 0 Å². The van der Waals surface area contributed by atoms with Crippen LogP contribution in [0.15, 0.2) is 0 Å². The van der Waals surface area contributed by atoms with Gasteiger partial charge in [0.2, 0.25) is 0 Å². The smallest absolute Gasteiger partial charge is 0.104 e. The van der Waals surface area contributed by atoms with Crippen molar-refractivity contribution >= 4 is 11.6 Å². The molecule has 26 heavy (non-hydrogen) atoms. The Balaban J connectivity index is 0.000000435. The molecule has 0 spiro atoms. The third kappa shape index (κ3) is 17.3. The van der Waals surface area contributed by atoms with Crippen molar-refractivity contribution < 1.29 is 44.1 Å². The summed E-state index contributed by atoms with van der Waals surface area (Å²) < 4.78 is 25.1. The molecule has 0 aromatic rings. The molecule has 0 aromatic carbocycles. The molecule has 0 saturated carbocycles. The van der Waals surface area contributed by atoms with Gasteiger partial charge in [0, 0.05) is 0 Å². The van der Waals surface area contributed by atoms with Crippen LogP contribution in [-0.4, -0.2) is 116 Å². The fourth-order valence-electron chi connectivity index (χ4n) is 1.26. The summed E-state index contributed by atoms with van der Waals surface area (Å²) in [6, 6.07) is 0. The second-order valence-corrected chi connectivity index (χ2v) is 6.08. The SMILES string of the molecule is C.ClCC1CO1.OC(COCC1CO1)COCC1CO1.OCC(O)CO. The third-order valence-electron chi connectivity index (χ3n) is 3.03. The maximum atomic E-state index is 9.38. The van der Waals surface area contributed by atoms with E-state index in [2.05, 4.69) is 0 Å². The van der Waals surface area contributed by atoms with E-state index < -0.39 is 12.2 Å². The predicted molar refractivity (Wildman–Crippen MR) is 94.5 cm³/mol. The number of rotatable bonds is 11. The summed E-state index contributed by atoms with van der Waals surface area (Å²) in [7, 11) is 0. The number of halogens is 1. The summed E-state index contributed by atoms with van der Waals surface area (Å²) in [5.41, 5.74) is 0. The normalized spacial score (nSPS) is 25.8. The molecule has 3 saturated heterocycles. The van der Waals surface area contributed by atoms with Crippen molar-refractivity contribution in [2.45, 2.75) is 37.9 Å². The lowest BCUT2D eigenvalue weighted by Gasteiger charge is -2.10. The standard InChI is InChI=1S/C9H16O5.C3H5ClO.C3H8O3.CH4/c10-7(1-11-3-8-5-13-8)2-12-4-9-6-14-9;4-1-3-2-5-3;4-1-3(6)2-5;/h7-10H,1-6H2;3H,1-2H2;3-6H,1-2H2;1H4. The van der Waals surface area contributed by atoms with Crippen LogP contribution in [0.25, 0.3) is 0 Å². The van der Waals surface area contributed by atoms with Gasteiger partial charge in [-0.25, -0.2) is 0 Å². The lowest BCUT2D eigenvalue weighted by molar-refractivity contribution is -0.0239. The Morgan fingerprint density at radius 1 is 0.808 bits per heavy atom. The number of aliphatic hydroxyl groups excluding tert-OH is 4. The maximum absolute atomic E-state index is 9.38. The lowest BCUT2D eigenvalue weighted by Crippen LogP contribution is -2.23. The zero-order valence-electron chi connectivity index (χ0n) is 14.2. The molecule has 3 heterocycles. The fourth-order valence-corrected chi connectivity index (χ4v) is 1.44. The largest absolute Gasteiger partial charge is 0.394 e. The summed E-state index contributed by atoms with van der Waals surface area (Å²) in [6.07, 6.45) is -0.597. The predicted octanol–water partition coefficient (Wildman–Crippen LogP) is -1.23. The van der Waals surface area contributed by atoms with E-state index in [-0.39, 0.29) is 32.8 Å². The van der Waals surface area contributed by atoms with E-state index in [4.69, 9.17) is 50.6 Å². The Kier molecular flexibility index (Phi) is 15.9. The second-order valence-electron chi connectivity index (χ2n) is 5.77. The van der Waals surface area contributed by atoms with Crippen molar-refractivity contribution in [2.24, 2.45) is 0 Å². The molecule has 9 nitrogen and oxygen atoms in total. The quantitative estimate of drug-likeness (QED) is 0.246. The molecule has 0 aromatic heterocycles. The van der Waals surface area contributed by atoms with Gasteiger partial charge >= 0.3 is 0 Å². The van der Waals surface area contributed by atoms with E-state index >= 15 is 0 Å². The van der Waals surface area contributed by atoms with E-state index in [1.54, 1.807) is 0 Å². The summed E-state index contributed by atoms with van der Waals surface area (Å²) >= 11 is 5.27. The summed E-state index contributed by atoms with van der Waals surface area (Å²) in [4.78, 5) is 0. The number of epoxide rings is 3. The van der Waals surface area contributed by atoms with Gasteiger partial charge in [0.15, 0.2) is 0 Å². The highest BCUT2D eigenvalue weighted by molar-refractivity contribution is 6.18. The average Bonchev–Trinajstić information content (AvgIpc) is 3.48. The molecule has 3 aliphatic heterocycles. The molecule has 4 N–H and O–H groups in total. The average molecular weight is 405 g/mol. The summed E-state index contributed by atoms with van der Waals surface area (Å²) in [5, 5.41) is 33.4. The minimum atomic E-state index is -0.954. The zero-order chi connectivity index (χ0) is 18.5. The molecule has 0 radical (unpaired) electrons. The van der Waals surface area contributed by atoms with Crippen LogP contribution in [0.2, 0.25) is 0 Å². The van der Waals surface area contributed by atoms with Gasteiger partial charge in [-0.2, -0.15) is 0 Å². The van der Waals surface area contributed by atoms with Gasteiger partial charge in [0.25, 0.3) is 0 Å². The Bertz CT molecular complexity index is 290. The highest BCUT2D eigenvalue weighted by Crippen LogP contribution is 2.10. The van der Waals surface area contributed by atoms with E-state index in [0.717, 1.165) is 19.8 Å². The van der Waals surface area contributed by atoms with E-state index in [9.17, 15) is 5.11 Å². The third-order valence-corrected chi connectivity index (χ3v) is 3.37. The van der Waals surface area contributed by atoms with Crippen molar-refractivity contribution in [2.75, 3.05) is 65.3 Å². The van der Waals surface area contributed by atoms with Crippen LogP contribution in [0.4, 0.5) is 0 Å². The molecule has 0 bridgehead atoms. The van der Waals surface area contributed by atoms with E-state index in [1.807, 2.05) is 0 Å². The van der Waals surface area contributed by atoms with Crippen LogP contribution in [0, 0.1) is 0 Å². The van der Waals surface area contributed by atoms with Crippen LogP contribution in [0.3, 0.4) is 0 Å². The van der Waals surface area contributed by atoms with E-state index in [0.29, 0.717) is 38.4 Å². The van der Waals surface area contributed by atoms with Gasteiger partial charge in [-0.3, -0.25) is 0 Å². The Morgan fingerprint density at radius 3 is 1.38 bits per heavy atom. The van der Waals surface area contributed by atoms with Crippen molar-refractivity contribution in [3.05, 3.63) is 0 Å². The van der Waals surface area contributed by atoms with Gasteiger partial charge < -0.3 is 44.1 Å². The van der Waals surface area contributed by atoms with Crippen LogP contribution >= 0.6 is 11.6 Å². The van der Waals surface area contributed by atoms with Crippen molar-refractivity contribution in [3.63, 3.8) is 0 Å². The molecule has 3 atom stereocenters. The monoisotopic (exact) mass is 404 g/mol. The first kappa shape index (κ1) is 25.9. The number of hydrogen-bond acceptors (Lipinski definition) is 9. The first-order valence-electron chi connectivity index (χ1n) is 8.23. The van der Waals surface area contributed by atoms with Gasteiger partial charge in [0.1, 0.15) is 24.4 Å². The van der Waals surface area contributed by atoms with Crippen LogP contribution in [0.1, 0.15) is 7.43 Å². The second kappa shape index (κ2) is 15.9. The maximum Gasteiger partial charge on any atom is 0.104 e. The molecule has 3 aliphatic rings. The minimum absolute atomic E-state index is 0. The van der Waals surface area contributed by atoms with Crippen LogP contribution in [0.5, 0.6) is 0 Å². The summed E-state index contributed by atoms with van der Waals surface area (Å²) in [5.74, 6) is 0.667. The van der Waals surface area contributed by atoms with Crippen molar-refractivity contribution in [1.82, 2.24) is 0 Å². The first-order chi connectivity index (χ1) is 12.1. The molecular formula is C16H33ClO9. The Hall–Kier alpha value is -0.0700. The molecule has 3 rings (SSSR count). The number of hydrogen-bond donors (Lipinski definition) is 4. The van der Waals surface area contributed by atoms with Gasteiger partial charge in [-0.15, -0.1) is 11.6 Å². The molecule has 0 aliphatic carbocycles. The van der Waals surface area contributed by atoms with Crippen LogP contribution in [-0.2, 0) is 23.7 Å². The number of ether oxygens (including phenoxy) is 5. The number of aliphatic hydroxyl groups is 4. The first-order valence-corrected chi connectivity index (χ1v) is 8.76. The molecule has 10 heteroatoms. The molecular weight excluding hydrogens is 372 g/mol. The Morgan fingerprint density at radius 2 is 1.19 bits per heavy atom. The topological polar surface area (TPSA) is 137 Å².